The fourth-order valence-corrected chi connectivity index (χ4v) is 4.75. The van der Waals surface area contributed by atoms with Crippen LogP contribution in [-0.4, -0.2) is 0 Å². The molecule has 0 radical (unpaired) electrons. The maximum absolute atomic E-state index is 13.9. The summed E-state index contributed by atoms with van der Waals surface area (Å²) in [6.45, 7) is 1.88. The number of benzene rings is 1. The predicted molar refractivity (Wildman–Crippen MR) is 85.6 cm³/mol. The van der Waals surface area contributed by atoms with Gasteiger partial charge in [-0.2, -0.15) is 0 Å². The van der Waals surface area contributed by atoms with E-state index in [1.165, 1.54) is 22.6 Å². The summed E-state index contributed by atoms with van der Waals surface area (Å²) in [5.41, 5.74) is 1.68. The van der Waals surface area contributed by atoms with Crippen molar-refractivity contribution in [2.75, 3.05) is 0 Å². The molecule has 0 saturated heterocycles. The molecular formula is C16H16BrF2NS. The maximum atomic E-state index is 13.9. The second-order valence-corrected chi connectivity index (χ2v) is 7.94. The molecule has 0 fully saturated rings. The van der Waals surface area contributed by atoms with E-state index in [9.17, 15) is 8.78 Å². The first kappa shape index (κ1) is 15.1. The van der Waals surface area contributed by atoms with Gasteiger partial charge in [-0.25, -0.2) is 8.78 Å². The molecule has 2 unspecified atom stereocenters. The maximum Gasteiger partial charge on any atom is 0.128 e. The predicted octanol–water partition coefficient (Wildman–Crippen LogP) is 5.52. The molecule has 1 heterocycles. The summed E-state index contributed by atoms with van der Waals surface area (Å²) in [6.07, 6.45) is 3.25. The van der Waals surface area contributed by atoms with Crippen LogP contribution in [0.4, 0.5) is 8.78 Å². The van der Waals surface area contributed by atoms with E-state index in [1.807, 2.05) is 6.92 Å². The van der Waals surface area contributed by atoms with Crippen molar-refractivity contribution in [1.29, 1.82) is 0 Å². The van der Waals surface area contributed by atoms with Crippen LogP contribution >= 0.6 is 27.3 Å². The zero-order chi connectivity index (χ0) is 15.0. The fraction of sp³-hybridized carbons (Fsp3) is 0.375. The zero-order valence-corrected chi connectivity index (χ0v) is 14.0. The Labute approximate surface area is 135 Å². The quantitative estimate of drug-likeness (QED) is 0.748. The molecule has 0 saturated carbocycles. The molecule has 21 heavy (non-hydrogen) atoms. The minimum Gasteiger partial charge on any atom is -0.303 e. The number of rotatable bonds is 3. The highest BCUT2D eigenvalue weighted by Gasteiger charge is 2.25. The Balaban J connectivity index is 1.82. The van der Waals surface area contributed by atoms with Gasteiger partial charge in [0.1, 0.15) is 11.6 Å². The van der Waals surface area contributed by atoms with E-state index >= 15 is 0 Å². The molecule has 0 bridgehead atoms. The highest BCUT2D eigenvalue weighted by atomic mass is 79.9. The average Bonchev–Trinajstić information content (AvgIpc) is 2.83. The summed E-state index contributed by atoms with van der Waals surface area (Å²) >= 11 is 5.30. The van der Waals surface area contributed by atoms with Crippen LogP contribution in [0.2, 0.25) is 0 Å². The van der Waals surface area contributed by atoms with Crippen LogP contribution in [0.3, 0.4) is 0 Å². The van der Waals surface area contributed by atoms with Crippen molar-refractivity contribution >= 4 is 27.3 Å². The zero-order valence-electron chi connectivity index (χ0n) is 11.6. The van der Waals surface area contributed by atoms with Gasteiger partial charge >= 0.3 is 0 Å². The third kappa shape index (κ3) is 3.20. The monoisotopic (exact) mass is 371 g/mol. The number of nitrogens with one attached hydrogen (secondary N) is 1. The van der Waals surface area contributed by atoms with Gasteiger partial charge in [-0.15, -0.1) is 11.3 Å². The highest BCUT2D eigenvalue weighted by Crippen LogP contribution is 2.39. The summed E-state index contributed by atoms with van der Waals surface area (Å²) in [6, 6.07) is 5.74. The van der Waals surface area contributed by atoms with Crippen LogP contribution in [-0.2, 0) is 6.42 Å². The van der Waals surface area contributed by atoms with Gasteiger partial charge in [0.2, 0.25) is 0 Å². The Morgan fingerprint density at radius 3 is 2.95 bits per heavy atom. The van der Waals surface area contributed by atoms with Crippen molar-refractivity contribution in [2.24, 2.45) is 0 Å². The van der Waals surface area contributed by atoms with Gasteiger partial charge in [0.15, 0.2) is 0 Å². The number of thiophene rings is 1. The summed E-state index contributed by atoms with van der Waals surface area (Å²) < 4.78 is 28.3. The number of hydrogen-bond acceptors (Lipinski definition) is 2. The van der Waals surface area contributed by atoms with Gasteiger partial charge < -0.3 is 5.32 Å². The van der Waals surface area contributed by atoms with Gasteiger partial charge in [-0.05, 0) is 71.9 Å². The lowest BCUT2D eigenvalue weighted by Gasteiger charge is -2.27. The Hall–Kier alpha value is -0.780. The molecule has 1 aliphatic carbocycles. The molecule has 1 aromatic heterocycles. The van der Waals surface area contributed by atoms with Crippen LogP contribution in [0.15, 0.2) is 28.1 Å². The van der Waals surface area contributed by atoms with Crippen molar-refractivity contribution < 1.29 is 8.78 Å². The smallest absolute Gasteiger partial charge is 0.128 e. The second kappa shape index (κ2) is 6.15. The Morgan fingerprint density at radius 1 is 1.33 bits per heavy atom. The molecule has 2 atom stereocenters. The number of hydrogen-bond donors (Lipinski definition) is 1. The lowest BCUT2D eigenvalue weighted by Crippen LogP contribution is -2.27. The third-order valence-electron chi connectivity index (χ3n) is 3.96. The van der Waals surface area contributed by atoms with Crippen LogP contribution in [0, 0.1) is 11.6 Å². The second-order valence-electron chi connectivity index (χ2n) is 5.43. The van der Waals surface area contributed by atoms with Crippen LogP contribution < -0.4 is 5.32 Å². The number of fused-ring (bicyclic) bond motifs is 1. The van der Waals surface area contributed by atoms with Crippen LogP contribution in [0.25, 0.3) is 0 Å². The molecular weight excluding hydrogens is 356 g/mol. The first-order valence-electron chi connectivity index (χ1n) is 7.03. The van der Waals surface area contributed by atoms with E-state index in [1.54, 1.807) is 11.3 Å². The Morgan fingerprint density at radius 2 is 2.14 bits per heavy atom. The van der Waals surface area contributed by atoms with Crippen molar-refractivity contribution in [3.05, 3.63) is 55.7 Å². The minimum absolute atomic E-state index is 0.203. The van der Waals surface area contributed by atoms with Gasteiger partial charge in [-0.1, -0.05) is 0 Å². The van der Waals surface area contributed by atoms with Crippen molar-refractivity contribution in [3.8, 4) is 0 Å². The van der Waals surface area contributed by atoms with E-state index in [0.717, 1.165) is 29.1 Å². The van der Waals surface area contributed by atoms with Gasteiger partial charge in [0.05, 0.1) is 3.79 Å². The lowest BCUT2D eigenvalue weighted by atomic mass is 9.93. The SMILES string of the molecule is CC(NC1CCCc2sc(Br)cc21)c1cc(F)ccc1F. The first-order valence-corrected chi connectivity index (χ1v) is 8.64. The van der Waals surface area contributed by atoms with E-state index < -0.39 is 5.82 Å². The van der Waals surface area contributed by atoms with Gasteiger partial charge in [0, 0.05) is 22.5 Å². The molecule has 0 amide bonds. The van der Waals surface area contributed by atoms with E-state index in [-0.39, 0.29) is 17.9 Å². The molecule has 3 rings (SSSR count). The minimum atomic E-state index is -0.400. The molecule has 0 spiro atoms. The normalized spacial score (nSPS) is 19.3. The molecule has 2 aromatic rings. The number of aryl methyl sites for hydroxylation is 1. The van der Waals surface area contributed by atoms with Crippen molar-refractivity contribution in [3.63, 3.8) is 0 Å². The molecule has 1 N–H and O–H groups in total. The molecule has 112 valence electrons. The van der Waals surface area contributed by atoms with Crippen molar-refractivity contribution in [2.45, 2.75) is 38.3 Å². The van der Waals surface area contributed by atoms with Crippen LogP contribution in [0.5, 0.6) is 0 Å². The largest absolute Gasteiger partial charge is 0.303 e. The Kier molecular flexibility index (Phi) is 4.43. The molecule has 0 aliphatic heterocycles. The third-order valence-corrected chi connectivity index (χ3v) is 5.67. The Bertz CT molecular complexity index is 656. The van der Waals surface area contributed by atoms with E-state index in [0.29, 0.717) is 5.56 Å². The summed E-state index contributed by atoms with van der Waals surface area (Å²) in [5.74, 6) is -0.762. The molecule has 5 heteroatoms. The average molecular weight is 372 g/mol. The number of halogens is 3. The van der Waals surface area contributed by atoms with Gasteiger partial charge in [0.25, 0.3) is 0 Å². The standard InChI is InChI=1S/C16H16BrF2NS/c1-9(11-7-10(18)5-6-13(11)19)20-14-3-2-4-15-12(14)8-16(17)21-15/h5-9,14,20H,2-4H2,1H3. The molecule has 1 aromatic carbocycles. The van der Waals surface area contributed by atoms with Crippen molar-refractivity contribution in [1.82, 2.24) is 5.32 Å². The summed E-state index contributed by atoms with van der Waals surface area (Å²) in [7, 11) is 0. The summed E-state index contributed by atoms with van der Waals surface area (Å²) in [5, 5.41) is 3.45. The molecule has 1 nitrogen and oxygen atoms in total. The van der Waals surface area contributed by atoms with Gasteiger partial charge in [-0.3, -0.25) is 0 Å². The van der Waals surface area contributed by atoms with E-state index in [2.05, 4.69) is 27.3 Å². The topological polar surface area (TPSA) is 12.0 Å². The fourth-order valence-electron chi connectivity index (χ4n) is 2.93. The lowest BCUT2D eigenvalue weighted by molar-refractivity contribution is 0.408. The van der Waals surface area contributed by atoms with E-state index in [4.69, 9.17) is 0 Å². The first-order chi connectivity index (χ1) is 10.0. The summed E-state index contributed by atoms with van der Waals surface area (Å²) in [4.78, 5) is 1.39. The molecule has 1 aliphatic rings. The highest BCUT2D eigenvalue weighted by molar-refractivity contribution is 9.11. The van der Waals surface area contributed by atoms with Crippen LogP contribution in [0.1, 0.15) is 47.9 Å².